The van der Waals surface area contributed by atoms with Crippen LogP contribution in [0.1, 0.15) is 12.0 Å². The van der Waals surface area contributed by atoms with E-state index in [4.69, 9.17) is 14.0 Å². The number of benzene rings is 1. The summed E-state index contributed by atoms with van der Waals surface area (Å²) in [5.41, 5.74) is 0.551. The van der Waals surface area contributed by atoms with Crippen molar-refractivity contribution in [2.45, 2.75) is 11.7 Å². The number of nitrogens with zero attached hydrogens (tertiary/aromatic N) is 1. The van der Waals surface area contributed by atoms with Crippen LogP contribution >= 0.6 is 0 Å². The molecule has 8 heteroatoms. The number of hydrogen-bond donors (Lipinski definition) is 0. The minimum atomic E-state index is -2.71. The summed E-state index contributed by atoms with van der Waals surface area (Å²) in [6, 6.07) is 8.81. The van der Waals surface area contributed by atoms with Gasteiger partial charge in [-0.3, -0.25) is 14.4 Å². The van der Waals surface area contributed by atoms with Crippen LogP contribution in [-0.4, -0.2) is 56.2 Å². The molecule has 0 aliphatic carbocycles. The normalized spacial score (nSPS) is 30.0. The van der Waals surface area contributed by atoms with E-state index < -0.39 is 29.9 Å². The molecule has 132 valence electrons. The molecule has 2 aliphatic rings. The molecule has 0 radical (unpaired) electrons. The molecule has 7 nitrogen and oxygen atoms in total. The summed E-state index contributed by atoms with van der Waals surface area (Å²) in [6.45, 7) is 0.943. The first kappa shape index (κ1) is 17.2. The standard InChI is InChI=1S/C17H20BNO6/c1-4-10-17(16(22)23-3,13-8-6-5-7-9-13)18-19(2,11-14(20)24-18)12-15(21)25-18/h4-9H,1,10-12H2,2-3H3. The molecule has 0 bridgehead atoms. The predicted octanol–water partition coefficient (Wildman–Crippen LogP) is 0.712. The highest BCUT2D eigenvalue weighted by Crippen LogP contribution is 2.49. The van der Waals surface area contributed by atoms with Crippen molar-refractivity contribution < 1.29 is 32.8 Å². The van der Waals surface area contributed by atoms with Crippen molar-refractivity contribution in [2.24, 2.45) is 0 Å². The van der Waals surface area contributed by atoms with Crippen LogP contribution < -0.4 is 0 Å². The van der Waals surface area contributed by atoms with Crippen molar-refractivity contribution >= 4 is 24.6 Å². The molecule has 25 heavy (non-hydrogen) atoms. The fraction of sp³-hybridized carbons (Fsp3) is 0.353. The Balaban J connectivity index is 2.34. The first-order valence-corrected chi connectivity index (χ1v) is 8.02. The van der Waals surface area contributed by atoms with Crippen LogP contribution in [0, 0.1) is 0 Å². The topological polar surface area (TPSA) is 78.9 Å². The first-order chi connectivity index (χ1) is 11.8. The number of likely N-dealkylation sites (N-methyl/N-ethyl adjacent to an activating group) is 1. The van der Waals surface area contributed by atoms with Crippen molar-refractivity contribution in [1.82, 2.24) is 0 Å². The average Bonchev–Trinajstić information content (AvgIpc) is 2.96. The van der Waals surface area contributed by atoms with Crippen LogP contribution in [0.15, 0.2) is 43.0 Å². The smallest absolute Gasteiger partial charge is 0.599 e. The quantitative estimate of drug-likeness (QED) is 0.444. The summed E-state index contributed by atoms with van der Waals surface area (Å²) in [7, 11) is 2.95. The fourth-order valence-electron chi connectivity index (χ4n) is 4.30. The molecule has 2 heterocycles. The fourth-order valence-corrected chi connectivity index (χ4v) is 4.30. The number of ether oxygens (including phenoxy) is 1. The van der Waals surface area contributed by atoms with Crippen molar-refractivity contribution in [2.75, 3.05) is 27.2 Å². The highest BCUT2D eigenvalue weighted by molar-refractivity contribution is 6.72. The van der Waals surface area contributed by atoms with E-state index >= 15 is 0 Å². The third kappa shape index (κ3) is 2.14. The van der Waals surface area contributed by atoms with E-state index in [1.54, 1.807) is 43.5 Å². The zero-order chi connectivity index (χ0) is 18.3. The van der Waals surface area contributed by atoms with Gasteiger partial charge in [0.25, 0.3) is 5.97 Å². The van der Waals surface area contributed by atoms with Crippen LogP contribution in [-0.2, 0) is 33.7 Å². The van der Waals surface area contributed by atoms with E-state index in [0.717, 1.165) is 0 Å². The Kier molecular flexibility index (Phi) is 3.95. The summed E-state index contributed by atoms with van der Waals surface area (Å²) < 4.78 is 16.3. The number of allylic oxidation sites excluding steroid dienone is 1. The molecule has 1 aromatic carbocycles. The molecular formula is C17H20BNO6. The second kappa shape index (κ2) is 5.73. The second-order valence-electron chi connectivity index (χ2n) is 6.77. The number of esters is 1. The van der Waals surface area contributed by atoms with Gasteiger partial charge in [-0.2, -0.15) is 0 Å². The lowest BCUT2D eigenvalue weighted by Crippen LogP contribution is -2.74. The number of carbonyl (C=O) groups is 3. The second-order valence-corrected chi connectivity index (χ2v) is 6.77. The Hall–Kier alpha value is -2.61. The number of carbonyl (C=O) groups excluding carboxylic acids is 3. The molecule has 0 saturated carbocycles. The van der Waals surface area contributed by atoms with E-state index in [0.29, 0.717) is 5.56 Å². The molecular weight excluding hydrogens is 325 g/mol. The van der Waals surface area contributed by atoms with Gasteiger partial charge in [-0.1, -0.05) is 42.0 Å². The Bertz CT molecular complexity index is 729. The van der Waals surface area contributed by atoms with E-state index in [-0.39, 0.29) is 23.9 Å². The maximum atomic E-state index is 13.1. The van der Waals surface area contributed by atoms with Gasteiger partial charge in [0.05, 0.1) is 7.11 Å². The van der Waals surface area contributed by atoms with E-state index in [1.807, 2.05) is 0 Å². The summed E-state index contributed by atoms with van der Waals surface area (Å²) in [4.78, 5) is 37.4. The van der Waals surface area contributed by atoms with Gasteiger partial charge >= 0.3 is 18.6 Å². The van der Waals surface area contributed by atoms with Crippen molar-refractivity contribution in [3.8, 4) is 0 Å². The average molecular weight is 345 g/mol. The highest BCUT2D eigenvalue weighted by atomic mass is 16.7. The Labute approximate surface area is 145 Å². The number of fused-ring (bicyclic) bond motifs is 1. The Morgan fingerprint density at radius 2 is 1.84 bits per heavy atom. The van der Waals surface area contributed by atoms with Crippen LogP contribution in [0.5, 0.6) is 0 Å². The van der Waals surface area contributed by atoms with Gasteiger partial charge in [0.15, 0.2) is 0 Å². The molecule has 2 aliphatic heterocycles. The molecule has 2 fully saturated rings. The lowest BCUT2D eigenvalue weighted by molar-refractivity contribution is -0.795. The lowest BCUT2D eigenvalue weighted by Gasteiger charge is -2.50. The van der Waals surface area contributed by atoms with Crippen LogP contribution in [0.3, 0.4) is 0 Å². The van der Waals surface area contributed by atoms with E-state index in [1.165, 1.54) is 7.11 Å². The first-order valence-electron chi connectivity index (χ1n) is 8.02. The van der Waals surface area contributed by atoms with Crippen molar-refractivity contribution in [3.05, 3.63) is 48.6 Å². The lowest BCUT2D eigenvalue weighted by atomic mass is 9.41. The molecule has 2 saturated heterocycles. The van der Waals surface area contributed by atoms with Gasteiger partial charge < -0.3 is 18.4 Å². The Morgan fingerprint density at radius 3 is 2.32 bits per heavy atom. The Morgan fingerprint density at radius 1 is 1.28 bits per heavy atom. The van der Waals surface area contributed by atoms with Gasteiger partial charge in [0.1, 0.15) is 18.4 Å². The molecule has 0 spiro atoms. The number of hydrogen-bond acceptors (Lipinski definition) is 6. The van der Waals surface area contributed by atoms with Crippen LogP contribution in [0.25, 0.3) is 0 Å². The van der Waals surface area contributed by atoms with E-state index in [9.17, 15) is 14.4 Å². The van der Waals surface area contributed by atoms with Crippen LogP contribution in [0.2, 0.25) is 0 Å². The highest BCUT2D eigenvalue weighted by Gasteiger charge is 2.78. The van der Waals surface area contributed by atoms with Gasteiger partial charge in [-0.15, -0.1) is 6.58 Å². The van der Waals surface area contributed by atoms with Gasteiger partial charge in [-0.05, 0) is 6.42 Å². The third-order valence-corrected chi connectivity index (χ3v) is 5.31. The zero-order valence-corrected chi connectivity index (χ0v) is 14.3. The molecule has 0 amide bonds. The van der Waals surface area contributed by atoms with Gasteiger partial charge in [0, 0.05) is 7.05 Å². The SMILES string of the molecule is C=CCC(C(=O)OC)(c1ccccc1)[B-]12OC(=O)C[N+]1(C)CC(=O)O2. The monoisotopic (exact) mass is 345 g/mol. The minimum absolute atomic E-state index is 0.0472. The van der Waals surface area contributed by atoms with Gasteiger partial charge in [0.2, 0.25) is 0 Å². The molecule has 0 N–H and O–H groups in total. The maximum Gasteiger partial charge on any atom is 0.605 e. The molecule has 1 unspecified atom stereocenters. The predicted molar refractivity (Wildman–Crippen MR) is 88.8 cm³/mol. The molecule has 3 rings (SSSR count). The van der Waals surface area contributed by atoms with E-state index in [2.05, 4.69) is 6.58 Å². The summed E-state index contributed by atoms with van der Waals surface area (Å²) >= 11 is 0. The molecule has 1 aromatic rings. The molecule has 1 atom stereocenters. The minimum Gasteiger partial charge on any atom is -0.599 e. The summed E-state index contributed by atoms with van der Waals surface area (Å²) in [5.74, 6) is -1.65. The van der Waals surface area contributed by atoms with Crippen LogP contribution in [0.4, 0.5) is 0 Å². The largest absolute Gasteiger partial charge is 0.605 e. The number of quaternary nitrogens is 1. The maximum absolute atomic E-state index is 13.1. The number of methoxy groups -OCH3 is 1. The summed E-state index contributed by atoms with van der Waals surface area (Å²) in [5, 5.41) is -1.50. The van der Waals surface area contributed by atoms with Crippen molar-refractivity contribution in [1.29, 1.82) is 0 Å². The zero-order valence-electron chi connectivity index (χ0n) is 14.3. The third-order valence-electron chi connectivity index (χ3n) is 5.31. The molecule has 0 aromatic heterocycles. The summed E-state index contributed by atoms with van der Waals surface area (Å²) in [6.07, 6.45) is 1.64. The van der Waals surface area contributed by atoms with Crippen molar-refractivity contribution in [3.63, 3.8) is 0 Å². The number of rotatable bonds is 5. The van der Waals surface area contributed by atoms with Gasteiger partial charge in [-0.25, -0.2) is 0 Å².